The van der Waals surface area contributed by atoms with Gasteiger partial charge >= 0.3 is 0 Å². The highest BCUT2D eigenvalue weighted by atomic mass is 35.5. The highest BCUT2D eigenvalue weighted by molar-refractivity contribution is 5.91. The molecule has 2 rings (SSSR count). The zero-order valence-corrected chi connectivity index (χ0v) is 14.3. The molecule has 1 amide bonds. The molecule has 1 aromatic rings. The van der Waals surface area contributed by atoms with Crippen molar-refractivity contribution in [1.82, 2.24) is 4.90 Å². The topological polar surface area (TPSA) is 55.6 Å². The smallest absolute Gasteiger partial charge is 0.246 e. The van der Waals surface area contributed by atoms with Crippen LogP contribution in [0.5, 0.6) is 5.75 Å². The zero-order chi connectivity index (χ0) is 16.1. The van der Waals surface area contributed by atoms with Crippen molar-refractivity contribution in [2.24, 2.45) is 11.7 Å². The van der Waals surface area contributed by atoms with Crippen molar-refractivity contribution in [3.63, 3.8) is 0 Å². The van der Waals surface area contributed by atoms with E-state index >= 15 is 0 Å². The van der Waals surface area contributed by atoms with Crippen molar-refractivity contribution < 1.29 is 13.9 Å². The molecule has 1 fully saturated rings. The minimum atomic E-state index is -0.438. The summed E-state index contributed by atoms with van der Waals surface area (Å²) in [5.41, 5.74) is 6.56. The first-order chi connectivity index (χ1) is 10.5. The van der Waals surface area contributed by atoms with E-state index in [0.29, 0.717) is 18.0 Å². The maximum absolute atomic E-state index is 13.6. The van der Waals surface area contributed by atoms with Gasteiger partial charge in [-0.3, -0.25) is 4.79 Å². The number of rotatable bonds is 4. The van der Waals surface area contributed by atoms with Crippen molar-refractivity contribution in [2.45, 2.75) is 25.8 Å². The molecule has 1 saturated heterocycles. The van der Waals surface area contributed by atoms with Gasteiger partial charge in [0.1, 0.15) is 0 Å². The number of carbonyl (C=O) groups is 1. The van der Waals surface area contributed by atoms with Crippen LogP contribution in [0.25, 0.3) is 6.08 Å². The van der Waals surface area contributed by atoms with E-state index in [2.05, 4.69) is 0 Å². The Labute approximate surface area is 142 Å². The lowest BCUT2D eigenvalue weighted by Gasteiger charge is -2.34. The third-order valence-corrected chi connectivity index (χ3v) is 4.11. The summed E-state index contributed by atoms with van der Waals surface area (Å²) >= 11 is 0. The summed E-state index contributed by atoms with van der Waals surface area (Å²) < 4.78 is 18.5. The minimum absolute atomic E-state index is 0. The fraction of sp³-hybridized carbons (Fsp3) is 0.471. The normalized spacial score (nSPS) is 19.3. The second kappa shape index (κ2) is 8.89. The highest BCUT2D eigenvalue weighted by Gasteiger charge is 2.24. The molecular formula is C17H24ClFN2O2. The van der Waals surface area contributed by atoms with Gasteiger partial charge in [0.25, 0.3) is 0 Å². The third-order valence-electron chi connectivity index (χ3n) is 4.11. The van der Waals surface area contributed by atoms with E-state index in [0.717, 1.165) is 19.4 Å². The Morgan fingerprint density at radius 1 is 1.52 bits per heavy atom. The van der Waals surface area contributed by atoms with Crippen LogP contribution in [0.2, 0.25) is 0 Å². The van der Waals surface area contributed by atoms with Crippen molar-refractivity contribution in [3.8, 4) is 5.75 Å². The Balaban J connectivity index is 0.00000264. The van der Waals surface area contributed by atoms with Gasteiger partial charge < -0.3 is 15.4 Å². The van der Waals surface area contributed by atoms with Crippen LogP contribution < -0.4 is 10.5 Å². The van der Waals surface area contributed by atoms with E-state index in [1.165, 1.54) is 19.3 Å². The van der Waals surface area contributed by atoms with Crippen molar-refractivity contribution in [1.29, 1.82) is 0 Å². The summed E-state index contributed by atoms with van der Waals surface area (Å²) in [4.78, 5) is 14.0. The first kappa shape index (κ1) is 19.5. The molecule has 1 heterocycles. The average molecular weight is 343 g/mol. The van der Waals surface area contributed by atoms with E-state index in [4.69, 9.17) is 10.5 Å². The fourth-order valence-electron chi connectivity index (χ4n) is 2.70. The predicted octanol–water partition coefficient (Wildman–Crippen LogP) is 2.86. The van der Waals surface area contributed by atoms with Gasteiger partial charge in [-0.25, -0.2) is 4.39 Å². The zero-order valence-electron chi connectivity index (χ0n) is 13.5. The molecular weight excluding hydrogens is 319 g/mol. The number of halogens is 2. The number of hydrogen-bond acceptors (Lipinski definition) is 3. The molecule has 0 saturated carbocycles. The maximum Gasteiger partial charge on any atom is 0.246 e. The Bertz CT molecular complexity index is 564. The summed E-state index contributed by atoms with van der Waals surface area (Å²) in [6, 6.07) is 4.71. The Kier molecular flexibility index (Phi) is 7.52. The average Bonchev–Trinajstić information content (AvgIpc) is 2.52. The lowest BCUT2D eigenvalue weighted by molar-refractivity contribution is -0.127. The number of amides is 1. The minimum Gasteiger partial charge on any atom is -0.494 e. The summed E-state index contributed by atoms with van der Waals surface area (Å²) in [7, 11) is 1.42. The molecule has 0 spiro atoms. The molecule has 0 radical (unpaired) electrons. The van der Waals surface area contributed by atoms with Gasteiger partial charge in [-0.05, 0) is 49.5 Å². The summed E-state index contributed by atoms with van der Waals surface area (Å²) in [6.07, 6.45) is 5.16. The fourth-order valence-corrected chi connectivity index (χ4v) is 2.70. The first-order valence-electron chi connectivity index (χ1n) is 7.57. The van der Waals surface area contributed by atoms with Crippen LogP contribution in [0.3, 0.4) is 0 Å². The molecule has 1 aromatic carbocycles. The van der Waals surface area contributed by atoms with Gasteiger partial charge in [0.2, 0.25) is 5.91 Å². The van der Waals surface area contributed by atoms with Crippen molar-refractivity contribution >= 4 is 24.4 Å². The van der Waals surface area contributed by atoms with Gasteiger partial charge in [0, 0.05) is 25.2 Å². The van der Waals surface area contributed by atoms with Crippen LogP contribution in [0.1, 0.15) is 25.3 Å². The number of ether oxygens (including phenoxy) is 1. The van der Waals surface area contributed by atoms with Crippen LogP contribution >= 0.6 is 12.4 Å². The van der Waals surface area contributed by atoms with Crippen LogP contribution in [-0.4, -0.2) is 37.0 Å². The molecule has 0 bridgehead atoms. The Hall–Kier alpha value is -1.59. The number of methoxy groups -OCH3 is 1. The van der Waals surface area contributed by atoms with Crippen LogP contribution in [0.15, 0.2) is 24.3 Å². The number of nitrogens with zero attached hydrogens (tertiary/aromatic N) is 1. The SMILES string of the molecule is COc1ccc(/C=C/C(=O)N2CCCC(C(C)N)C2)cc1F.Cl. The number of benzene rings is 1. The van der Waals surface area contributed by atoms with Crippen molar-refractivity contribution in [3.05, 3.63) is 35.7 Å². The van der Waals surface area contributed by atoms with E-state index in [1.807, 2.05) is 11.8 Å². The molecule has 1 aliphatic rings. The molecule has 2 unspecified atom stereocenters. The van der Waals surface area contributed by atoms with Gasteiger partial charge in [-0.1, -0.05) is 6.07 Å². The van der Waals surface area contributed by atoms with Gasteiger partial charge in [0.15, 0.2) is 11.6 Å². The standard InChI is InChI=1S/C17H23FN2O2.ClH/c1-12(19)14-4-3-9-20(11-14)17(21)8-6-13-5-7-16(22-2)15(18)10-13;/h5-8,10,12,14H,3-4,9,11,19H2,1-2H3;1H/b8-6+;. The number of piperidine rings is 1. The van der Waals surface area contributed by atoms with E-state index in [9.17, 15) is 9.18 Å². The first-order valence-corrected chi connectivity index (χ1v) is 7.57. The molecule has 4 nitrogen and oxygen atoms in total. The number of carbonyl (C=O) groups excluding carboxylic acids is 1. The molecule has 128 valence electrons. The largest absolute Gasteiger partial charge is 0.494 e. The highest BCUT2D eigenvalue weighted by Crippen LogP contribution is 2.20. The van der Waals surface area contributed by atoms with E-state index in [-0.39, 0.29) is 30.1 Å². The number of likely N-dealkylation sites (tertiary alicyclic amines) is 1. The Morgan fingerprint density at radius 2 is 2.26 bits per heavy atom. The second-order valence-corrected chi connectivity index (χ2v) is 5.77. The maximum atomic E-state index is 13.6. The van der Waals surface area contributed by atoms with Crippen LogP contribution in [0, 0.1) is 11.7 Å². The summed E-state index contributed by atoms with van der Waals surface area (Å²) in [5, 5.41) is 0. The monoisotopic (exact) mass is 342 g/mol. The van der Waals surface area contributed by atoms with Crippen LogP contribution in [0.4, 0.5) is 4.39 Å². The molecule has 1 aliphatic heterocycles. The van der Waals surface area contributed by atoms with E-state index in [1.54, 1.807) is 18.2 Å². The summed E-state index contributed by atoms with van der Waals surface area (Å²) in [5.74, 6) is 0.0532. The molecule has 0 aliphatic carbocycles. The molecule has 2 atom stereocenters. The second-order valence-electron chi connectivity index (χ2n) is 5.77. The quantitative estimate of drug-likeness (QED) is 0.856. The van der Waals surface area contributed by atoms with E-state index < -0.39 is 5.82 Å². The molecule has 0 aromatic heterocycles. The van der Waals surface area contributed by atoms with Crippen LogP contribution in [-0.2, 0) is 4.79 Å². The number of nitrogens with two attached hydrogens (primary N) is 1. The third kappa shape index (κ3) is 5.22. The lowest BCUT2D eigenvalue weighted by Crippen LogP contribution is -2.44. The molecule has 6 heteroatoms. The predicted molar refractivity (Wildman–Crippen MR) is 92.2 cm³/mol. The van der Waals surface area contributed by atoms with Gasteiger partial charge in [-0.15, -0.1) is 12.4 Å². The van der Waals surface area contributed by atoms with Gasteiger partial charge in [0.05, 0.1) is 7.11 Å². The Morgan fingerprint density at radius 3 is 2.87 bits per heavy atom. The van der Waals surface area contributed by atoms with Crippen molar-refractivity contribution in [2.75, 3.05) is 20.2 Å². The molecule has 2 N–H and O–H groups in total. The van der Waals surface area contributed by atoms with Gasteiger partial charge in [-0.2, -0.15) is 0 Å². The summed E-state index contributed by atoms with van der Waals surface area (Å²) in [6.45, 7) is 3.43. The molecule has 23 heavy (non-hydrogen) atoms. The number of hydrogen-bond donors (Lipinski definition) is 1. The lowest BCUT2D eigenvalue weighted by atomic mass is 9.92.